The monoisotopic (exact) mass is 336 g/mol. The van der Waals surface area contributed by atoms with Gasteiger partial charge in [-0.25, -0.2) is 0 Å². The van der Waals surface area contributed by atoms with E-state index in [1.165, 1.54) is 37.7 Å². The third-order valence-electron chi connectivity index (χ3n) is 5.51. The molecule has 128 valence electrons. The van der Waals surface area contributed by atoms with Crippen LogP contribution in [0.1, 0.15) is 50.5 Å². The molecule has 0 spiro atoms. The lowest BCUT2D eigenvalue weighted by atomic mass is 9.67. The van der Waals surface area contributed by atoms with Gasteiger partial charge in [-0.1, -0.05) is 37.8 Å². The van der Waals surface area contributed by atoms with Crippen LogP contribution < -0.4 is 10.6 Å². The lowest BCUT2D eigenvalue weighted by Gasteiger charge is -2.38. The fourth-order valence-electron chi connectivity index (χ4n) is 4.27. The molecule has 3 rings (SSSR count). The number of hydrogen-bond acceptors (Lipinski definition) is 2. The van der Waals surface area contributed by atoms with Crippen LogP contribution in [0.4, 0.5) is 5.69 Å². The number of carbonyl (C=O) groups excluding carboxylic acids is 1. The second-order valence-corrected chi connectivity index (χ2v) is 7.03. The Bertz CT molecular complexity index is 503. The van der Waals surface area contributed by atoms with Crippen LogP contribution in [0.15, 0.2) is 24.3 Å². The first-order chi connectivity index (χ1) is 10.8. The third kappa shape index (κ3) is 4.71. The summed E-state index contributed by atoms with van der Waals surface area (Å²) in [6.45, 7) is 0.861. The van der Waals surface area contributed by atoms with Gasteiger partial charge in [0.1, 0.15) is 0 Å². The number of amides is 1. The SMILES string of the molecule is CNCc1ccc(NC(=O)C2CCC3CCCCC3C2)cc1.Cl. The average molecular weight is 337 g/mol. The van der Waals surface area contributed by atoms with Gasteiger partial charge in [-0.15, -0.1) is 12.4 Å². The van der Waals surface area contributed by atoms with Crippen molar-refractivity contribution >= 4 is 24.0 Å². The summed E-state index contributed by atoms with van der Waals surface area (Å²) in [5, 5.41) is 6.25. The molecule has 3 nitrogen and oxygen atoms in total. The number of carbonyl (C=O) groups is 1. The van der Waals surface area contributed by atoms with E-state index in [0.29, 0.717) is 0 Å². The van der Waals surface area contributed by atoms with Gasteiger partial charge in [0.15, 0.2) is 0 Å². The number of nitrogens with one attached hydrogen (secondary N) is 2. The zero-order valence-corrected chi connectivity index (χ0v) is 14.8. The minimum Gasteiger partial charge on any atom is -0.326 e. The van der Waals surface area contributed by atoms with Crippen LogP contribution >= 0.6 is 12.4 Å². The Balaban J connectivity index is 0.00000192. The maximum Gasteiger partial charge on any atom is 0.227 e. The van der Waals surface area contributed by atoms with Crippen molar-refractivity contribution in [2.24, 2.45) is 17.8 Å². The molecule has 0 aromatic heterocycles. The van der Waals surface area contributed by atoms with E-state index < -0.39 is 0 Å². The van der Waals surface area contributed by atoms with E-state index in [4.69, 9.17) is 0 Å². The van der Waals surface area contributed by atoms with Gasteiger partial charge < -0.3 is 10.6 Å². The smallest absolute Gasteiger partial charge is 0.227 e. The van der Waals surface area contributed by atoms with E-state index >= 15 is 0 Å². The lowest BCUT2D eigenvalue weighted by molar-refractivity contribution is -0.122. The Morgan fingerprint density at radius 3 is 2.43 bits per heavy atom. The van der Waals surface area contributed by atoms with E-state index in [9.17, 15) is 4.79 Å². The summed E-state index contributed by atoms with van der Waals surface area (Å²) < 4.78 is 0. The molecule has 1 aromatic rings. The van der Waals surface area contributed by atoms with Crippen molar-refractivity contribution in [3.8, 4) is 0 Å². The molecule has 0 saturated heterocycles. The summed E-state index contributed by atoms with van der Waals surface area (Å²) in [7, 11) is 1.94. The zero-order chi connectivity index (χ0) is 15.4. The second kappa shape index (κ2) is 8.70. The topological polar surface area (TPSA) is 41.1 Å². The van der Waals surface area contributed by atoms with E-state index in [0.717, 1.165) is 36.9 Å². The van der Waals surface area contributed by atoms with Crippen LogP contribution in [-0.2, 0) is 11.3 Å². The summed E-state index contributed by atoms with van der Waals surface area (Å²) >= 11 is 0. The molecular weight excluding hydrogens is 308 g/mol. The molecule has 2 aliphatic carbocycles. The Morgan fingerprint density at radius 1 is 1.04 bits per heavy atom. The highest BCUT2D eigenvalue weighted by molar-refractivity contribution is 5.92. The Hall–Kier alpha value is -1.06. The Kier molecular flexibility index (Phi) is 6.91. The van der Waals surface area contributed by atoms with Crippen LogP contribution in [0.2, 0.25) is 0 Å². The van der Waals surface area contributed by atoms with Crippen molar-refractivity contribution in [1.82, 2.24) is 5.32 Å². The fraction of sp³-hybridized carbons (Fsp3) is 0.632. The maximum absolute atomic E-state index is 12.5. The number of hydrogen-bond donors (Lipinski definition) is 2. The van der Waals surface area contributed by atoms with Gasteiger partial charge in [0.25, 0.3) is 0 Å². The number of benzene rings is 1. The first-order valence-electron chi connectivity index (χ1n) is 8.80. The van der Waals surface area contributed by atoms with Crippen molar-refractivity contribution in [2.45, 2.75) is 51.5 Å². The summed E-state index contributed by atoms with van der Waals surface area (Å²) in [6.07, 6.45) is 8.93. The van der Waals surface area contributed by atoms with E-state index in [1.807, 2.05) is 19.2 Å². The molecule has 4 heteroatoms. The number of anilines is 1. The number of fused-ring (bicyclic) bond motifs is 1. The van der Waals surface area contributed by atoms with Gasteiger partial charge in [0, 0.05) is 18.2 Å². The summed E-state index contributed by atoms with van der Waals surface area (Å²) in [5.74, 6) is 2.15. The Labute approximate surface area is 146 Å². The molecule has 23 heavy (non-hydrogen) atoms. The zero-order valence-electron chi connectivity index (χ0n) is 14.0. The molecule has 0 bridgehead atoms. The first-order valence-corrected chi connectivity index (χ1v) is 8.80. The molecule has 3 unspecified atom stereocenters. The predicted octanol–water partition coefficient (Wildman–Crippen LogP) is 4.37. The minimum absolute atomic E-state index is 0. The van der Waals surface area contributed by atoms with E-state index in [1.54, 1.807) is 0 Å². The number of rotatable bonds is 4. The molecule has 0 aliphatic heterocycles. The van der Waals surface area contributed by atoms with Gasteiger partial charge >= 0.3 is 0 Å². The molecule has 1 aromatic carbocycles. The highest BCUT2D eigenvalue weighted by Crippen LogP contribution is 2.42. The Morgan fingerprint density at radius 2 is 1.74 bits per heavy atom. The van der Waals surface area contributed by atoms with Crippen LogP contribution in [0.3, 0.4) is 0 Å². The lowest BCUT2D eigenvalue weighted by Crippen LogP contribution is -2.33. The molecule has 0 heterocycles. The largest absolute Gasteiger partial charge is 0.326 e. The maximum atomic E-state index is 12.5. The molecule has 2 fully saturated rings. The minimum atomic E-state index is 0. The van der Waals surface area contributed by atoms with Crippen LogP contribution in [0.25, 0.3) is 0 Å². The van der Waals surface area contributed by atoms with Gasteiger partial charge in [0.05, 0.1) is 0 Å². The van der Waals surface area contributed by atoms with Gasteiger partial charge in [-0.3, -0.25) is 4.79 Å². The van der Waals surface area contributed by atoms with E-state index in [-0.39, 0.29) is 24.2 Å². The molecule has 3 atom stereocenters. The van der Waals surface area contributed by atoms with Crippen LogP contribution in [0.5, 0.6) is 0 Å². The highest BCUT2D eigenvalue weighted by Gasteiger charge is 2.34. The molecule has 1 amide bonds. The molecule has 2 N–H and O–H groups in total. The molecular formula is C19H29ClN2O. The predicted molar refractivity (Wildman–Crippen MR) is 97.9 cm³/mol. The van der Waals surface area contributed by atoms with Crippen molar-refractivity contribution < 1.29 is 4.79 Å². The summed E-state index contributed by atoms with van der Waals surface area (Å²) in [6, 6.07) is 8.17. The summed E-state index contributed by atoms with van der Waals surface area (Å²) in [5.41, 5.74) is 2.17. The van der Waals surface area contributed by atoms with Gasteiger partial charge in [-0.05, 0) is 55.8 Å². The third-order valence-corrected chi connectivity index (χ3v) is 5.51. The van der Waals surface area contributed by atoms with Crippen LogP contribution in [0, 0.1) is 17.8 Å². The summed E-state index contributed by atoms with van der Waals surface area (Å²) in [4.78, 5) is 12.5. The first kappa shape index (κ1) is 18.3. The average Bonchev–Trinajstić information content (AvgIpc) is 2.56. The number of halogens is 1. The normalized spacial score (nSPS) is 26.7. The van der Waals surface area contributed by atoms with Crippen molar-refractivity contribution in [3.63, 3.8) is 0 Å². The van der Waals surface area contributed by atoms with E-state index in [2.05, 4.69) is 22.8 Å². The molecule has 2 aliphatic rings. The fourth-order valence-corrected chi connectivity index (χ4v) is 4.27. The van der Waals surface area contributed by atoms with Crippen molar-refractivity contribution in [1.29, 1.82) is 0 Å². The quantitative estimate of drug-likeness (QED) is 0.857. The second-order valence-electron chi connectivity index (χ2n) is 7.03. The molecule has 2 saturated carbocycles. The van der Waals surface area contributed by atoms with Crippen molar-refractivity contribution in [3.05, 3.63) is 29.8 Å². The molecule has 0 radical (unpaired) electrons. The van der Waals surface area contributed by atoms with Gasteiger partial charge in [-0.2, -0.15) is 0 Å². The van der Waals surface area contributed by atoms with Gasteiger partial charge in [0.2, 0.25) is 5.91 Å². The van der Waals surface area contributed by atoms with Crippen LogP contribution in [-0.4, -0.2) is 13.0 Å². The van der Waals surface area contributed by atoms with Crippen molar-refractivity contribution in [2.75, 3.05) is 12.4 Å². The standard InChI is InChI=1S/C19H28N2O.ClH/c1-20-13-14-6-10-18(11-7-14)21-19(22)17-9-8-15-4-2-3-5-16(15)12-17;/h6-7,10-11,15-17,20H,2-5,8-9,12-13H2,1H3,(H,21,22);1H. The highest BCUT2D eigenvalue weighted by atomic mass is 35.5.